The summed E-state index contributed by atoms with van der Waals surface area (Å²) in [7, 11) is 0. The second-order valence-corrected chi connectivity index (χ2v) is 6.22. The number of aromatic nitrogens is 2. The molecule has 0 amide bonds. The molecule has 0 aliphatic heterocycles. The van der Waals surface area contributed by atoms with E-state index in [0.717, 1.165) is 39.5 Å². The van der Waals surface area contributed by atoms with E-state index >= 15 is 0 Å². The van der Waals surface area contributed by atoms with Crippen molar-refractivity contribution in [2.75, 3.05) is 6.54 Å². The Balaban J connectivity index is 2.10. The maximum atomic E-state index is 12.1. The average molecular weight is 338 g/mol. The van der Waals surface area contributed by atoms with E-state index in [1.165, 1.54) is 0 Å². The predicted molar refractivity (Wildman–Crippen MR) is 99.6 cm³/mol. The van der Waals surface area contributed by atoms with Crippen LogP contribution >= 0.6 is 11.6 Å². The molecule has 24 heavy (non-hydrogen) atoms. The van der Waals surface area contributed by atoms with E-state index in [0.29, 0.717) is 17.0 Å². The van der Waals surface area contributed by atoms with Crippen molar-refractivity contribution >= 4 is 33.3 Å². The molecule has 0 radical (unpaired) electrons. The second-order valence-electron chi connectivity index (χ2n) is 5.78. The SMILES string of the molecule is NCCc1c(-c2ccc(Cl)cc2)[nH]c2ccc3c(=O)[nH]ccc3c12. The van der Waals surface area contributed by atoms with Crippen LogP contribution in [-0.2, 0) is 6.42 Å². The van der Waals surface area contributed by atoms with Crippen LogP contribution in [0.4, 0.5) is 0 Å². The molecule has 4 aromatic rings. The lowest BCUT2D eigenvalue weighted by Crippen LogP contribution is -2.05. The summed E-state index contributed by atoms with van der Waals surface area (Å²) in [6.07, 6.45) is 2.41. The first-order chi connectivity index (χ1) is 11.7. The molecule has 2 aromatic carbocycles. The van der Waals surface area contributed by atoms with Crippen molar-refractivity contribution in [1.82, 2.24) is 9.97 Å². The van der Waals surface area contributed by atoms with Crippen LogP contribution in [0.1, 0.15) is 5.56 Å². The molecule has 0 saturated carbocycles. The van der Waals surface area contributed by atoms with E-state index in [2.05, 4.69) is 9.97 Å². The maximum Gasteiger partial charge on any atom is 0.255 e. The molecule has 0 bridgehead atoms. The van der Waals surface area contributed by atoms with Crippen molar-refractivity contribution in [3.05, 3.63) is 69.6 Å². The van der Waals surface area contributed by atoms with E-state index in [-0.39, 0.29) is 5.56 Å². The molecule has 0 fully saturated rings. The Morgan fingerprint density at radius 1 is 1.00 bits per heavy atom. The van der Waals surface area contributed by atoms with Crippen molar-refractivity contribution in [1.29, 1.82) is 0 Å². The van der Waals surface area contributed by atoms with E-state index < -0.39 is 0 Å². The Bertz CT molecular complexity index is 1090. The van der Waals surface area contributed by atoms with Gasteiger partial charge in [0, 0.05) is 33.2 Å². The minimum absolute atomic E-state index is 0.0812. The Morgan fingerprint density at radius 2 is 1.79 bits per heavy atom. The van der Waals surface area contributed by atoms with Crippen LogP contribution in [0.3, 0.4) is 0 Å². The van der Waals surface area contributed by atoms with Gasteiger partial charge in [0.15, 0.2) is 0 Å². The van der Waals surface area contributed by atoms with Crippen molar-refractivity contribution in [2.24, 2.45) is 5.73 Å². The predicted octanol–water partition coefficient (Wildman–Crippen LogP) is 3.83. The van der Waals surface area contributed by atoms with Crippen molar-refractivity contribution in [3.63, 3.8) is 0 Å². The summed E-state index contributed by atoms with van der Waals surface area (Å²) in [5.41, 5.74) is 9.98. The van der Waals surface area contributed by atoms with Crippen molar-refractivity contribution < 1.29 is 0 Å². The van der Waals surface area contributed by atoms with Crippen LogP contribution in [0.2, 0.25) is 5.02 Å². The van der Waals surface area contributed by atoms with Gasteiger partial charge < -0.3 is 15.7 Å². The fraction of sp³-hybridized carbons (Fsp3) is 0.105. The lowest BCUT2D eigenvalue weighted by molar-refractivity contribution is 0.979. The van der Waals surface area contributed by atoms with Gasteiger partial charge in [-0.05, 0) is 59.8 Å². The largest absolute Gasteiger partial charge is 0.354 e. The summed E-state index contributed by atoms with van der Waals surface area (Å²) in [4.78, 5) is 18.3. The Labute approximate surface area is 143 Å². The molecule has 120 valence electrons. The van der Waals surface area contributed by atoms with E-state index in [1.54, 1.807) is 6.20 Å². The van der Waals surface area contributed by atoms with Crippen molar-refractivity contribution in [2.45, 2.75) is 6.42 Å². The van der Waals surface area contributed by atoms with Gasteiger partial charge in [-0.15, -0.1) is 0 Å². The first-order valence-corrected chi connectivity index (χ1v) is 8.18. The lowest BCUT2D eigenvalue weighted by atomic mass is 9.99. The first kappa shape index (κ1) is 15.0. The van der Waals surface area contributed by atoms with Gasteiger partial charge in [-0.2, -0.15) is 0 Å². The maximum absolute atomic E-state index is 12.1. The number of aromatic amines is 2. The summed E-state index contributed by atoms with van der Waals surface area (Å²) in [5, 5.41) is 3.39. The zero-order valence-corrected chi connectivity index (χ0v) is 13.7. The molecule has 0 spiro atoms. The standard InChI is InChI=1S/C19H16ClN3O/c20-12-3-1-11(2-4-12)18-15(7-9-21)17-13-8-10-22-19(24)14(13)5-6-16(17)23-18/h1-6,8,10,23H,7,9,21H2,(H,22,24). The molecule has 0 aliphatic carbocycles. The van der Waals surface area contributed by atoms with E-state index in [4.69, 9.17) is 17.3 Å². The Morgan fingerprint density at radius 3 is 2.54 bits per heavy atom. The van der Waals surface area contributed by atoms with Crippen molar-refractivity contribution in [3.8, 4) is 11.3 Å². The van der Waals surface area contributed by atoms with Gasteiger partial charge >= 0.3 is 0 Å². The highest BCUT2D eigenvalue weighted by Crippen LogP contribution is 2.34. The number of benzene rings is 2. The van der Waals surface area contributed by atoms with Crippen LogP contribution < -0.4 is 11.3 Å². The highest BCUT2D eigenvalue weighted by molar-refractivity contribution is 6.30. The van der Waals surface area contributed by atoms with Crippen LogP contribution in [0.5, 0.6) is 0 Å². The summed E-state index contributed by atoms with van der Waals surface area (Å²) < 4.78 is 0. The summed E-state index contributed by atoms with van der Waals surface area (Å²) in [6, 6.07) is 13.5. The molecule has 2 aromatic heterocycles. The Hall–Kier alpha value is -2.56. The second kappa shape index (κ2) is 5.82. The van der Waals surface area contributed by atoms with E-state index in [1.807, 2.05) is 42.5 Å². The third kappa shape index (κ3) is 2.31. The van der Waals surface area contributed by atoms with Gasteiger partial charge in [0.25, 0.3) is 5.56 Å². The van der Waals surface area contributed by atoms with Crippen LogP contribution in [0.15, 0.2) is 53.5 Å². The highest BCUT2D eigenvalue weighted by Gasteiger charge is 2.15. The number of halogens is 1. The summed E-state index contributed by atoms with van der Waals surface area (Å²) >= 11 is 6.01. The molecule has 0 unspecified atom stereocenters. The molecule has 0 atom stereocenters. The quantitative estimate of drug-likeness (QED) is 0.531. The molecule has 2 heterocycles. The molecule has 4 rings (SSSR count). The summed E-state index contributed by atoms with van der Waals surface area (Å²) in [6.45, 7) is 0.535. The fourth-order valence-electron chi connectivity index (χ4n) is 3.29. The van der Waals surface area contributed by atoms with Gasteiger partial charge in [0.05, 0.1) is 0 Å². The number of H-pyrrole nitrogens is 2. The lowest BCUT2D eigenvalue weighted by Gasteiger charge is -2.05. The molecule has 0 saturated heterocycles. The smallest absolute Gasteiger partial charge is 0.255 e. The molecule has 5 heteroatoms. The highest BCUT2D eigenvalue weighted by atomic mass is 35.5. The number of hydrogen-bond donors (Lipinski definition) is 3. The number of pyridine rings is 1. The third-order valence-electron chi connectivity index (χ3n) is 4.35. The molecule has 4 nitrogen and oxygen atoms in total. The van der Waals surface area contributed by atoms with Crippen LogP contribution in [0.25, 0.3) is 32.9 Å². The minimum atomic E-state index is -0.0812. The van der Waals surface area contributed by atoms with Gasteiger partial charge in [0.2, 0.25) is 0 Å². The number of rotatable bonds is 3. The van der Waals surface area contributed by atoms with Gasteiger partial charge in [0.1, 0.15) is 0 Å². The minimum Gasteiger partial charge on any atom is -0.354 e. The normalized spacial score (nSPS) is 11.4. The van der Waals surface area contributed by atoms with Gasteiger partial charge in [-0.25, -0.2) is 0 Å². The van der Waals surface area contributed by atoms with Crippen LogP contribution in [-0.4, -0.2) is 16.5 Å². The molecular formula is C19H16ClN3O. The van der Waals surface area contributed by atoms with E-state index in [9.17, 15) is 4.79 Å². The van der Waals surface area contributed by atoms with Gasteiger partial charge in [-0.3, -0.25) is 4.79 Å². The third-order valence-corrected chi connectivity index (χ3v) is 4.60. The molecule has 4 N–H and O–H groups in total. The monoisotopic (exact) mass is 337 g/mol. The topological polar surface area (TPSA) is 74.7 Å². The molecular weight excluding hydrogens is 322 g/mol. The molecule has 0 aliphatic rings. The number of fused-ring (bicyclic) bond motifs is 3. The number of nitrogens with one attached hydrogen (secondary N) is 2. The zero-order chi connectivity index (χ0) is 16.7. The van der Waals surface area contributed by atoms with Crippen LogP contribution in [0, 0.1) is 0 Å². The Kier molecular flexibility index (Phi) is 3.63. The fourth-order valence-corrected chi connectivity index (χ4v) is 3.42. The average Bonchev–Trinajstić information content (AvgIpc) is 2.95. The summed E-state index contributed by atoms with van der Waals surface area (Å²) in [5.74, 6) is 0. The first-order valence-electron chi connectivity index (χ1n) is 7.80. The van der Waals surface area contributed by atoms with Gasteiger partial charge in [-0.1, -0.05) is 23.7 Å². The number of nitrogens with two attached hydrogens (primary N) is 1. The number of hydrogen-bond acceptors (Lipinski definition) is 2. The zero-order valence-electron chi connectivity index (χ0n) is 12.9.